The Kier molecular flexibility index (Phi) is 22.3. The minimum atomic E-state index is -0.564. The molecular formula is C55H43I11O7S. The van der Waals surface area contributed by atoms with Crippen LogP contribution in [0.1, 0.15) is 94.5 Å². The van der Waals surface area contributed by atoms with E-state index in [1.807, 2.05) is 24.3 Å². The molecule has 1 fully saturated rings. The van der Waals surface area contributed by atoms with Gasteiger partial charge in [0.1, 0.15) is 40.2 Å². The molecule has 19 heteroatoms. The molecule has 0 bridgehead atoms. The van der Waals surface area contributed by atoms with Crippen molar-refractivity contribution in [3.8, 4) is 40.2 Å². The Morgan fingerprint density at radius 1 is 0.405 bits per heavy atom. The number of aryl methyl sites for hydroxylation is 2. The molecule has 0 atom stereocenters. The second-order valence-corrected chi connectivity index (χ2v) is 31.7. The quantitative estimate of drug-likeness (QED) is 0.0402. The summed E-state index contributed by atoms with van der Waals surface area (Å²) in [5.74, 6) is 2.68. The lowest BCUT2D eigenvalue weighted by atomic mass is 9.67. The third kappa shape index (κ3) is 14.5. The van der Waals surface area contributed by atoms with E-state index < -0.39 is 5.41 Å². The first kappa shape index (κ1) is 61.6. The van der Waals surface area contributed by atoms with Gasteiger partial charge in [-0.2, -0.15) is 0 Å². The molecule has 8 rings (SSSR count). The van der Waals surface area contributed by atoms with Crippen molar-refractivity contribution < 1.29 is 35.4 Å². The fourth-order valence-corrected chi connectivity index (χ4v) is 20.4. The molecule has 7 aromatic rings. The standard InChI is InChI=1S/C55H43I11O7S/c56-36-11-25(12-37(57)49(36)68)5-7-55(33-21-44(64)53(72)45(65)22-33,8-6-26-13-38(58)50(69)39(59)14-26)34-23-46(66)54(47(74)24-34)73-35-3-1-29(2-4-35)30-19-31(9-27-15-40(60)51(70)41(61)16-27)48(67)32(20-30)10-28-17-42(62)52(71)43(63)18-28/h11-24,29,35,67-72,74H,1-10H2. The van der Waals surface area contributed by atoms with Crippen LogP contribution in [-0.4, -0.2) is 36.7 Å². The van der Waals surface area contributed by atoms with Crippen LogP contribution < -0.4 is 4.74 Å². The number of aromatic hydroxyl groups is 6. The molecule has 0 unspecified atom stereocenters. The van der Waals surface area contributed by atoms with Gasteiger partial charge in [-0.05, 0) is 429 Å². The molecule has 0 aromatic heterocycles. The highest BCUT2D eigenvalue weighted by atomic mass is 127. The van der Waals surface area contributed by atoms with E-state index in [0.29, 0.717) is 24.3 Å². The first-order chi connectivity index (χ1) is 35.0. The number of phenols is 6. The Morgan fingerprint density at radius 2 is 0.730 bits per heavy atom. The van der Waals surface area contributed by atoms with Gasteiger partial charge in [-0.3, -0.25) is 0 Å². The van der Waals surface area contributed by atoms with Gasteiger partial charge in [0, 0.05) is 23.2 Å². The maximum Gasteiger partial charge on any atom is 0.146 e. The van der Waals surface area contributed by atoms with Gasteiger partial charge in [0.25, 0.3) is 0 Å². The molecule has 0 radical (unpaired) electrons. The molecule has 1 saturated carbocycles. The Labute approximate surface area is 586 Å². The molecule has 1 aliphatic carbocycles. The zero-order valence-corrected chi connectivity index (χ0v) is 63.1. The first-order valence-electron chi connectivity index (χ1n) is 22.9. The van der Waals surface area contributed by atoms with Crippen molar-refractivity contribution in [2.45, 2.75) is 86.5 Å². The van der Waals surface area contributed by atoms with Gasteiger partial charge in [-0.25, -0.2) is 0 Å². The van der Waals surface area contributed by atoms with Crippen molar-refractivity contribution in [1.82, 2.24) is 0 Å². The first-order valence-corrected chi connectivity index (χ1v) is 35.2. The molecule has 0 heterocycles. The van der Waals surface area contributed by atoms with Crippen LogP contribution in [0.2, 0.25) is 0 Å². The van der Waals surface area contributed by atoms with Crippen LogP contribution in [-0.2, 0) is 31.1 Å². The van der Waals surface area contributed by atoms with Gasteiger partial charge >= 0.3 is 0 Å². The molecule has 74 heavy (non-hydrogen) atoms. The lowest BCUT2D eigenvalue weighted by molar-refractivity contribution is 0.141. The van der Waals surface area contributed by atoms with Crippen LogP contribution in [0.4, 0.5) is 0 Å². The average molecular weight is 2240 g/mol. The van der Waals surface area contributed by atoms with Crippen molar-refractivity contribution in [1.29, 1.82) is 0 Å². The Morgan fingerprint density at radius 3 is 1.09 bits per heavy atom. The third-order valence-corrected chi connectivity index (χ3v) is 23.0. The summed E-state index contributed by atoms with van der Waals surface area (Å²) in [6.45, 7) is 0. The van der Waals surface area contributed by atoms with Crippen LogP contribution >= 0.6 is 261 Å². The summed E-state index contributed by atoms with van der Waals surface area (Å²) in [5, 5.41) is 65.5. The van der Waals surface area contributed by atoms with Gasteiger partial charge in [0.05, 0.1) is 45.4 Å². The molecule has 0 spiro atoms. The molecule has 0 amide bonds. The predicted molar refractivity (Wildman–Crippen MR) is 391 cm³/mol. The highest BCUT2D eigenvalue weighted by Crippen LogP contribution is 2.48. The topological polar surface area (TPSA) is 131 Å². The van der Waals surface area contributed by atoms with Gasteiger partial charge in [0.2, 0.25) is 0 Å². The Bertz CT molecular complexity index is 3030. The second kappa shape index (κ2) is 26.8. The van der Waals surface area contributed by atoms with Gasteiger partial charge < -0.3 is 35.4 Å². The average Bonchev–Trinajstić information content (AvgIpc) is 3.34. The van der Waals surface area contributed by atoms with E-state index >= 15 is 0 Å². The fourth-order valence-electron chi connectivity index (χ4n) is 9.78. The number of ether oxygens (including phenoxy) is 1. The number of thiol groups is 1. The van der Waals surface area contributed by atoms with Crippen molar-refractivity contribution in [3.05, 3.63) is 174 Å². The SMILES string of the molecule is Oc1c(I)cc(CCC(CCc2cc(I)c(O)c(I)c2)(c2cc(I)c(O)c(I)c2)c2cc(S)c(OC3CCC(c4cc(Cc5cc(I)c(O)c(I)c5)c(O)c(Cc5cc(I)c(O)c(I)c5)c4)CC3)c(I)c2)cc1I. The lowest BCUT2D eigenvalue weighted by Gasteiger charge is -2.37. The molecular weight excluding hydrogens is 2200 g/mol. The van der Waals surface area contributed by atoms with Crippen molar-refractivity contribution >= 4 is 261 Å². The van der Waals surface area contributed by atoms with Crippen molar-refractivity contribution in [3.63, 3.8) is 0 Å². The lowest BCUT2D eigenvalue weighted by Crippen LogP contribution is -2.30. The Hall–Kier alpha value is 1.52. The summed E-state index contributed by atoms with van der Waals surface area (Å²) < 4.78 is 15.8. The van der Waals surface area contributed by atoms with E-state index in [1.165, 1.54) is 5.56 Å². The number of hydrogen-bond donors (Lipinski definition) is 7. The summed E-state index contributed by atoms with van der Waals surface area (Å²) in [6, 6.07) is 29.2. The number of rotatable bonds is 15. The molecule has 0 aliphatic heterocycles. The number of halogens is 11. The van der Waals surface area contributed by atoms with Crippen molar-refractivity contribution in [2.75, 3.05) is 0 Å². The van der Waals surface area contributed by atoms with E-state index in [-0.39, 0.29) is 35.0 Å². The molecule has 1 aliphatic rings. The van der Waals surface area contributed by atoms with E-state index in [2.05, 4.69) is 309 Å². The fraction of sp³-hybridized carbons (Fsp3) is 0.236. The largest absolute Gasteiger partial charge is 0.507 e. The van der Waals surface area contributed by atoms with Crippen LogP contribution in [0.5, 0.6) is 40.2 Å². The van der Waals surface area contributed by atoms with Gasteiger partial charge in [-0.15, -0.1) is 12.6 Å². The van der Waals surface area contributed by atoms with Gasteiger partial charge in [0.15, 0.2) is 0 Å². The number of hydrogen-bond acceptors (Lipinski definition) is 8. The van der Waals surface area contributed by atoms with Crippen LogP contribution in [0.15, 0.2) is 89.8 Å². The summed E-state index contributed by atoms with van der Waals surface area (Å²) in [5.41, 5.74) is 8.77. The van der Waals surface area contributed by atoms with Crippen molar-refractivity contribution in [2.24, 2.45) is 0 Å². The monoisotopic (exact) mass is 2240 g/mol. The molecule has 6 N–H and O–H groups in total. The predicted octanol–water partition coefficient (Wildman–Crippen LogP) is 18.7. The maximum absolute atomic E-state index is 11.9. The highest BCUT2D eigenvalue weighted by molar-refractivity contribution is 14.1. The minimum Gasteiger partial charge on any atom is -0.507 e. The van der Waals surface area contributed by atoms with Crippen LogP contribution in [0, 0.1) is 39.3 Å². The van der Waals surface area contributed by atoms with Crippen LogP contribution in [0.3, 0.4) is 0 Å². The molecule has 7 nitrogen and oxygen atoms in total. The highest BCUT2D eigenvalue weighted by Gasteiger charge is 2.37. The molecule has 7 aromatic carbocycles. The summed E-state index contributed by atoms with van der Waals surface area (Å²) in [6.07, 6.45) is 7.38. The van der Waals surface area contributed by atoms with Crippen LogP contribution in [0.25, 0.3) is 0 Å². The summed E-state index contributed by atoms with van der Waals surface area (Å²) in [4.78, 5) is 0.758. The smallest absolute Gasteiger partial charge is 0.146 e. The maximum atomic E-state index is 11.9. The minimum absolute atomic E-state index is 0.0289. The number of benzene rings is 7. The zero-order valence-electron chi connectivity index (χ0n) is 38.5. The van der Waals surface area contributed by atoms with E-state index in [9.17, 15) is 30.6 Å². The van der Waals surface area contributed by atoms with Gasteiger partial charge in [-0.1, -0.05) is 12.1 Å². The summed E-state index contributed by atoms with van der Waals surface area (Å²) >= 11 is 29.6. The van der Waals surface area contributed by atoms with E-state index in [4.69, 9.17) is 17.4 Å². The third-order valence-electron chi connectivity index (χ3n) is 13.6. The zero-order chi connectivity index (χ0) is 53.5. The second-order valence-electron chi connectivity index (χ2n) is 18.4. The summed E-state index contributed by atoms with van der Waals surface area (Å²) in [7, 11) is 0. The number of phenolic OH excluding ortho intramolecular Hbond substituents is 6. The normalized spacial score (nSPS) is 14.9. The van der Waals surface area contributed by atoms with E-state index in [1.54, 1.807) is 0 Å². The Balaban J connectivity index is 1.11. The molecule has 0 saturated heterocycles. The molecule has 388 valence electrons. The van der Waals surface area contributed by atoms with E-state index in [0.717, 1.165) is 146 Å².